The van der Waals surface area contributed by atoms with Gasteiger partial charge in [0.25, 0.3) is 0 Å². The van der Waals surface area contributed by atoms with Gasteiger partial charge in [0.2, 0.25) is 5.91 Å². The predicted octanol–water partition coefficient (Wildman–Crippen LogP) is 2.50. The lowest BCUT2D eigenvalue weighted by molar-refractivity contribution is -0.121. The highest BCUT2D eigenvalue weighted by Gasteiger charge is 2.14. The van der Waals surface area contributed by atoms with Gasteiger partial charge in [-0.25, -0.2) is 4.99 Å². The number of carbonyl (C=O) groups is 1. The lowest BCUT2D eigenvalue weighted by Gasteiger charge is -2.26. The van der Waals surface area contributed by atoms with E-state index in [2.05, 4.69) is 62.2 Å². The van der Waals surface area contributed by atoms with Gasteiger partial charge in [-0.05, 0) is 69.4 Å². The Kier molecular flexibility index (Phi) is 14.2. The normalized spacial score (nSPS) is 19.1. The second-order valence-electron chi connectivity index (χ2n) is 10.3. The van der Waals surface area contributed by atoms with Gasteiger partial charge in [0.15, 0.2) is 5.96 Å². The van der Waals surface area contributed by atoms with Crippen LogP contribution in [0.2, 0.25) is 0 Å². The number of guanidine groups is 1. The van der Waals surface area contributed by atoms with E-state index in [-0.39, 0.29) is 12.1 Å². The van der Waals surface area contributed by atoms with Crippen molar-refractivity contribution in [3.8, 4) is 0 Å². The first kappa shape index (κ1) is 30.1. The molecule has 1 atom stereocenters. The number of methoxy groups -OCH3 is 1. The number of nitrogens with zero attached hydrogens (tertiary/aromatic N) is 1. The number of carbonyl (C=O) groups excluding carboxylic acids is 1. The number of rotatable bonds is 17. The topological polar surface area (TPSA) is 111 Å². The quantitative estimate of drug-likeness (QED) is 0.173. The molecule has 6 N–H and O–H groups in total. The monoisotopic (exact) mass is 527 g/mol. The van der Waals surface area contributed by atoms with Crippen LogP contribution in [0.1, 0.15) is 69.4 Å². The molecule has 38 heavy (non-hydrogen) atoms. The fourth-order valence-corrected chi connectivity index (χ4v) is 4.75. The highest BCUT2D eigenvalue weighted by atomic mass is 16.5. The highest BCUT2D eigenvalue weighted by Crippen LogP contribution is 2.17. The molecule has 1 saturated carbocycles. The molecule has 1 aliphatic carbocycles. The molecule has 212 valence electrons. The van der Waals surface area contributed by atoms with Crippen LogP contribution >= 0.6 is 0 Å². The number of allylic oxidation sites excluding steroid dienone is 1. The van der Waals surface area contributed by atoms with Crippen LogP contribution in [0.3, 0.4) is 0 Å². The standard InChI is InChI=1S/C29H49N7O2/c1-23-20-27(32-17-7-18-33-28(37)14-19-38-2)36-29(35-23)34-22-25-12-10-24(11-13-25)21-30-15-6-16-31-26-8-4-3-5-9-26/h10-13,20,26-27,30-32H,3-9,14-19,21-22H2,1-2H3,(H,33,37)(H2,34,35,36). The van der Waals surface area contributed by atoms with E-state index in [1.54, 1.807) is 7.11 Å². The van der Waals surface area contributed by atoms with Gasteiger partial charge >= 0.3 is 0 Å². The maximum atomic E-state index is 11.6. The number of ether oxygens (including phenoxy) is 1. The maximum absolute atomic E-state index is 11.6. The van der Waals surface area contributed by atoms with Crippen molar-refractivity contribution in [2.75, 3.05) is 39.9 Å². The van der Waals surface area contributed by atoms with Crippen molar-refractivity contribution < 1.29 is 9.53 Å². The van der Waals surface area contributed by atoms with Gasteiger partial charge in [-0.15, -0.1) is 0 Å². The van der Waals surface area contributed by atoms with Crippen molar-refractivity contribution in [2.45, 2.75) is 83.6 Å². The Bertz CT molecular complexity index is 866. The van der Waals surface area contributed by atoms with E-state index >= 15 is 0 Å². The summed E-state index contributed by atoms with van der Waals surface area (Å²) < 4.78 is 4.92. The van der Waals surface area contributed by atoms with E-state index in [4.69, 9.17) is 9.73 Å². The van der Waals surface area contributed by atoms with Crippen LogP contribution in [-0.4, -0.2) is 64.0 Å². The summed E-state index contributed by atoms with van der Waals surface area (Å²) in [5.74, 6) is 0.793. The SMILES string of the molecule is COCCC(=O)NCCCNC1C=C(C)NC(=NCc2ccc(CNCCCNC3CCCCC3)cc2)N1. The first-order valence-corrected chi connectivity index (χ1v) is 14.4. The molecule has 1 aromatic rings. The molecule has 1 aromatic carbocycles. The number of nitrogens with one attached hydrogen (secondary N) is 6. The van der Waals surface area contributed by atoms with Crippen molar-refractivity contribution in [1.82, 2.24) is 31.9 Å². The molecular weight excluding hydrogens is 478 g/mol. The Hall–Kier alpha value is -2.46. The first-order valence-electron chi connectivity index (χ1n) is 14.4. The fraction of sp³-hybridized carbons (Fsp3) is 0.655. The Morgan fingerprint density at radius 2 is 1.74 bits per heavy atom. The van der Waals surface area contributed by atoms with Crippen LogP contribution in [0.5, 0.6) is 0 Å². The molecule has 1 unspecified atom stereocenters. The molecule has 0 aromatic heterocycles. The summed E-state index contributed by atoms with van der Waals surface area (Å²) in [6, 6.07) is 9.45. The number of hydrogen-bond acceptors (Lipinski definition) is 6. The summed E-state index contributed by atoms with van der Waals surface area (Å²) in [4.78, 5) is 16.4. The molecule has 1 amide bonds. The molecular formula is C29H49N7O2. The molecule has 0 radical (unpaired) electrons. The molecule has 2 aliphatic rings. The van der Waals surface area contributed by atoms with Crippen LogP contribution < -0.4 is 31.9 Å². The van der Waals surface area contributed by atoms with Gasteiger partial charge in [-0.3, -0.25) is 10.1 Å². The zero-order chi connectivity index (χ0) is 26.8. The van der Waals surface area contributed by atoms with E-state index in [1.165, 1.54) is 49.7 Å². The Labute approximate surface area is 229 Å². The lowest BCUT2D eigenvalue weighted by Crippen LogP contribution is -2.53. The molecule has 0 spiro atoms. The Balaban J connectivity index is 1.28. The summed E-state index contributed by atoms with van der Waals surface area (Å²) in [5, 5.41) is 20.3. The summed E-state index contributed by atoms with van der Waals surface area (Å²) in [6.07, 6.45) is 11.4. The molecule has 9 heteroatoms. The van der Waals surface area contributed by atoms with Crippen LogP contribution in [0.15, 0.2) is 41.0 Å². The minimum absolute atomic E-state index is 0.00510. The predicted molar refractivity (Wildman–Crippen MR) is 155 cm³/mol. The second-order valence-corrected chi connectivity index (χ2v) is 10.3. The summed E-state index contributed by atoms with van der Waals surface area (Å²) in [5.41, 5.74) is 3.54. The van der Waals surface area contributed by atoms with Crippen molar-refractivity contribution in [2.24, 2.45) is 4.99 Å². The summed E-state index contributed by atoms with van der Waals surface area (Å²) >= 11 is 0. The van der Waals surface area contributed by atoms with Gasteiger partial charge in [0.05, 0.1) is 13.2 Å². The zero-order valence-corrected chi connectivity index (χ0v) is 23.4. The Morgan fingerprint density at radius 3 is 2.53 bits per heavy atom. The van der Waals surface area contributed by atoms with Crippen molar-refractivity contribution in [3.63, 3.8) is 0 Å². The third-order valence-corrected chi connectivity index (χ3v) is 6.94. The average molecular weight is 528 g/mol. The highest BCUT2D eigenvalue weighted by molar-refractivity contribution is 5.83. The van der Waals surface area contributed by atoms with Gasteiger partial charge in [-0.1, -0.05) is 43.5 Å². The van der Waals surface area contributed by atoms with Gasteiger partial charge in [-0.2, -0.15) is 0 Å². The average Bonchev–Trinajstić information content (AvgIpc) is 2.93. The summed E-state index contributed by atoms with van der Waals surface area (Å²) in [7, 11) is 1.60. The minimum atomic E-state index is 0.00510. The van der Waals surface area contributed by atoms with Gasteiger partial charge < -0.3 is 31.3 Å². The molecule has 9 nitrogen and oxygen atoms in total. The molecule has 1 aliphatic heterocycles. The fourth-order valence-electron chi connectivity index (χ4n) is 4.75. The van der Waals surface area contributed by atoms with Crippen molar-refractivity contribution in [3.05, 3.63) is 47.2 Å². The molecule has 1 fully saturated rings. The van der Waals surface area contributed by atoms with Gasteiger partial charge in [0, 0.05) is 38.4 Å². The molecule has 1 heterocycles. The van der Waals surface area contributed by atoms with Crippen molar-refractivity contribution in [1.29, 1.82) is 0 Å². The minimum Gasteiger partial charge on any atom is -0.384 e. The van der Waals surface area contributed by atoms with Crippen LogP contribution in [0.4, 0.5) is 0 Å². The van der Waals surface area contributed by atoms with Crippen LogP contribution in [-0.2, 0) is 22.6 Å². The maximum Gasteiger partial charge on any atom is 0.222 e. The number of aliphatic imine (C=N–C) groups is 1. The smallest absolute Gasteiger partial charge is 0.222 e. The third-order valence-electron chi connectivity index (χ3n) is 6.94. The molecule has 0 bridgehead atoms. The van der Waals surface area contributed by atoms with Gasteiger partial charge in [0.1, 0.15) is 6.17 Å². The Morgan fingerprint density at radius 1 is 1.00 bits per heavy atom. The lowest BCUT2D eigenvalue weighted by atomic mass is 9.95. The summed E-state index contributed by atoms with van der Waals surface area (Å²) in [6.45, 7) is 7.58. The van der Waals surface area contributed by atoms with E-state index in [9.17, 15) is 4.79 Å². The van der Waals surface area contributed by atoms with E-state index in [0.29, 0.717) is 26.1 Å². The van der Waals surface area contributed by atoms with E-state index < -0.39 is 0 Å². The van der Waals surface area contributed by atoms with E-state index in [0.717, 1.165) is 50.3 Å². The second kappa shape index (κ2) is 17.9. The third kappa shape index (κ3) is 12.4. The number of benzene rings is 1. The van der Waals surface area contributed by atoms with Crippen molar-refractivity contribution >= 4 is 11.9 Å². The zero-order valence-electron chi connectivity index (χ0n) is 23.4. The largest absolute Gasteiger partial charge is 0.384 e. The van der Waals surface area contributed by atoms with Crippen LogP contribution in [0, 0.1) is 0 Å². The van der Waals surface area contributed by atoms with E-state index in [1.807, 2.05) is 6.92 Å². The molecule has 0 saturated heterocycles. The number of amides is 1. The number of hydrogen-bond donors (Lipinski definition) is 6. The first-order chi connectivity index (χ1) is 18.6. The van der Waals surface area contributed by atoms with Crippen LogP contribution in [0.25, 0.3) is 0 Å². The molecule has 3 rings (SSSR count).